The van der Waals surface area contributed by atoms with Crippen molar-refractivity contribution in [2.45, 2.75) is 31.8 Å². The van der Waals surface area contributed by atoms with Crippen molar-refractivity contribution in [2.75, 3.05) is 18.8 Å². The lowest BCUT2D eigenvalue weighted by Crippen LogP contribution is -2.41. The summed E-state index contributed by atoms with van der Waals surface area (Å²) in [5.41, 5.74) is 5.43. The van der Waals surface area contributed by atoms with Crippen LogP contribution < -0.4 is 10.5 Å². The number of piperidine rings is 1. The van der Waals surface area contributed by atoms with E-state index in [0.29, 0.717) is 37.5 Å². The third kappa shape index (κ3) is 4.21. The maximum atomic E-state index is 12.9. The highest BCUT2D eigenvalue weighted by atomic mass is 19.1. The third-order valence-electron chi connectivity index (χ3n) is 4.04. The molecule has 2 aromatic rings. The van der Waals surface area contributed by atoms with E-state index >= 15 is 0 Å². The number of anilines is 1. The summed E-state index contributed by atoms with van der Waals surface area (Å²) < 4.78 is 18.7. The second-order valence-electron chi connectivity index (χ2n) is 5.79. The topological polar surface area (TPSA) is 97.1 Å². The van der Waals surface area contributed by atoms with Crippen LogP contribution in [-0.2, 0) is 11.2 Å². The highest BCUT2D eigenvalue weighted by Crippen LogP contribution is 2.20. The summed E-state index contributed by atoms with van der Waals surface area (Å²) >= 11 is 0. The molecule has 24 heavy (non-hydrogen) atoms. The van der Waals surface area contributed by atoms with Crippen LogP contribution in [0.25, 0.3) is 0 Å². The number of aromatic nitrogens is 3. The summed E-state index contributed by atoms with van der Waals surface area (Å²) in [5, 5.41) is 6.44. The van der Waals surface area contributed by atoms with Crippen LogP contribution in [0.4, 0.5) is 10.3 Å². The molecule has 0 bridgehead atoms. The first-order chi connectivity index (χ1) is 11.6. The number of hydrogen-bond donors (Lipinski definition) is 2. The van der Waals surface area contributed by atoms with Gasteiger partial charge in [0.05, 0.1) is 0 Å². The average molecular weight is 333 g/mol. The SMILES string of the molecule is Nc1n[nH]c(CCC(=O)N2CCC(Oc3ccc(F)cc3)CC2)n1. The largest absolute Gasteiger partial charge is 0.490 e. The molecule has 128 valence electrons. The highest BCUT2D eigenvalue weighted by Gasteiger charge is 2.23. The van der Waals surface area contributed by atoms with E-state index in [1.165, 1.54) is 12.1 Å². The zero-order chi connectivity index (χ0) is 16.9. The van der Waals surface area contributed by atoms with Crippen LogP contribution in [0.3, 0.4) is 0 Å². The third-order valence-corrected chi connectivity index (χ3v) is 4.04. The van der Waals surface area contributed by atoms with E-state index in [4.69, 9.17) is 10.5 Å². The fourth-order valence-electron chi connectivity index (χ4n) is 2.73. The Morgan fingerprint density at radius 3 is 2.67 bits per heavy atom. The van der Waals surface area contributed by atoms with Gasteiger partial charge in [-0.05, 0) is 24.3 Å². The normalized spacial score (nSPS) is 15.5. The quantitative estimate of drug-likeness (QED) is 0.865. The molecule has 0 spiro atoms. The second kappa shape index (κ2) is 7.29. The number of nitrogens with one attached hydrogen (secondary N) is 1. The number of benzene rings is 1. The van der Waals surface area contributed by atoms with Crippen LogP contribution in [-0.4, -0.2) is 45.2 Å². The zero-order valence-electron chi connectivity index (χ0n) is 13.2. The first kappa shape index (κ1) is 16.2. The number of rotatable bonds is 5. The molecule has 0 radical (unpaired) electrons. The number of likely N-dealkylation sites (tertiary alicyclic amines) is 1. The first-order valence-corrected chi connectivity index (χ1v) is 7.97. The molecule has 1 aromatic heterocycles. The number of nitrogens with zero attached hydrogens (tertiary/aromatic N) is 3. The number of nitrogen functional groups attached to an aromatic ring is 1. The van der Waals surface area contributed by atoms with Crippen molar-refractivity contribution in [2.24, 2.45) is 0 Å². The molecule has 0 saturated carbocycles. The summed E-state index contributed by atoms with van der Waals surface area (Å²) in [6.07, 6.45) is 2.44. The van der Waals surface area contributed by atoms with Gasteiger partial charge in [0.25, 0.3) is 0 Å². The number of carbonyl (C=O) groups excluding carboxylic acids is 1. The predicted octanol–water partition coefficient (Wildman–Crippen LogP) is 1.53. The second-order valence-corrected chi connectivity index (χ2v) is 5.79. The van der Waals surface area contributed by atoms with E-state index in [0.717, 1.165) is 12.8 Å². The molecule has 0 atom stereocenters. The van der Waals surface area contributed by atoms with Gasteiger partial charge in [0.2, 0.25) is 11.9 Å². The molecule has 7 nitrogen and oxygen atoms in total. The molecule has 3 rings (SSSR count). The Labute approximate surface area is 139 Å². The van der Waals surface area contributed by atoms with Crippen LogP contribution in [0.15, 0.2) is 24.3 Å². The number of hydrogen-bond acceptors (Lipinski definition) is 5. The molecule has 0 aliphatic carbocycles. The Morgan fingerprint density at radius 1 is 1.33 bits per heavy atom. The maximum absolute atomic E-state index is 12.9. The highest BCUT2D eigenvalue weighted by molar-refractivity contribution is 5.76. The minimum Gasteiger partial charge on any atom is -0.490 e. The van der Waals surface area contributed by atoms with Gasteiger partial charge in [-0.15, -0.1) is 5.10 Å². The number of nitrogens with two attached hydrogens (primary N) is 1. The molecule has 1 saturated heterocycles. The van der Waals surface area contributed by atoms with Crippen molar-refractivity contribution in [3.63, 3.8) is 0 Å². The maximum Gasteiger partial charge on any atom is 0.239 e. The Kier molecular flexibility index (Phi) is 4.93. The summed E-state index contributed by atoms with van der Waals surface area (Å²) in [6.45, 7) is 1.31. The van der Waals surface area contributed by atoms with E-state index in [1.54, 1.807) is 12.1 Å². The average Bonchev–Trinajstić information content (AvgIpc) is 3.01. The molecule has 3 N–H and O–H groups in total. The van der Waals surface area contributed by atoms with E-state index in [2.05, 4.69) is 15.2 Å². The molecular weight excluding hydrogens is 313 g/mol. The van der Waals surface area contributed by atoms with Gasteiger partial charge in [0, 0.05) is 38.8 Å². The molecule has 2 heterocycles. The van der Waals surface area contributed by atoms with Gasteiger partial charge in [-0.2, -0.15) is 4.98 Å². The van der Waals surface area contributed by atoms with Crippen molar-refractivity contribution in [1.82, 2.24) is 20.1 Å². The number of H-pyrrole nitrogens is 1. The lowest BCUT2D eigenvalue weighted by Gasteiger charge is -2.32. The number of ether oxygens (including phenoxy) is 1. The Morgan fingerprint density at radius 2 is 2.04 bits per heavy atom. The van der Waals surface area contributed by atoms with E-state index in [-0.39, 0.29) is 23.8 Å². The summed E-state index contributed by atoms with van der Waals surface area (Å²) in [5.74, 6) is 1.28. The fourth-order valence-corrected chi connectivity index (χ4v) is 2.73. The lowest BCUT2D eigenvalue weighted by molar-refractivity contribution is -0.133. The number of amides is 1. The van der Waals surface area contributed by atoms with Crippen LogP contribution in [0.5, 0.6) is 5.75 Å². The van der Waals surface area contributed by atoms with Gasteiger partial charge < -0.3 is 15.4 Å². The first-order valence-electron chi connectivity index (χ1n) is 7.97. The minimum atomic E-state index is -0.281. The van der Waals surface area contributed by atoms with Crippen LogP contribution in [0.1, 0.15) is 25.1 Å². The molecule has 1 amide bonds. The Hall–Kier alpha value is -2.64. The van der Waals surface area contributed by atoms with Crippen molar-refractivity contribution in [3.8, 4) is 5.75 Å². The molecule has 1 aliphatic rings. The number of aryl methyl sites for hydroxylation is 1. The minimum absolute atomic E-state index is 0.0496. The standard InChI is InChI=1S/C16H20FN5O2/c17-11-1-3-12(4-2-11)24-13-7-9-22(10-8-13)15(23)6-5-14-19-16(18)21-20-14/h1-4,13H,5-10H2,(H3,18,19,20,21). The predicted molar refractivity (Wildman–Crippen MR) is 85.7 cm³/mol. The molecule has 1 aromatic carbocycles. The Balaban J connectivity index is 1.42. The van der Waals surface area contributed by atoms with Crippen LogP contribution >= 0.6 is 0 Å². The fraction of sp³-hybridized carbons (Fsp3) is 0.438. The van der Waals surface area contributed by atoms with E-state index < -0.39 is 0 Å². The van der Waals surface area contributed by atoms with Crippen molar-refractivity contribution in [1.29, 1.82) is 0 Å². The molecule has 1 aliphatic heterocycles. The van der Waals surface area contributed by atoms with E-state index in [9.17, 15) is 9.18 Å². The number of aromatic amines is 1. The monoisotopic (exact) mass is 333 g/mol. The summed E-state index contributed by atoms with van der Waals surface area (Å²) in [6, 6.07) is 6.00. The van der Waals surface area contributed by atoms with Gasteiger partial charge in [0.15, 0.2) is 0 Å². The summed E-state index contributed by atoms with van der Waals surface area (Å²) in [7, 11) is 0. The van der Waals surface area contributed by atoms with Gasteiger partial charge in [-0.25, -0.2) is 4.39 Å². The van der Waals surface area contributed by atoms with E-state index in [1.807, 2.05) is 4.90 Å². The summed E-state index contributed by atoms with van der Waals surface area (Å²) in [4.78, 5) is 18.1. The van der Waals surface area contributed by atoms with Crippen molar-refractivity contribution < 1.29 is 13.9 Å². The van der Waals surface area contributed by atoms with Crippen LogP contribution in [0.2, 0.25) is 0 Å². The van der Waals surface area contributed by atoms with Gasteiger partial charge in [0.1, 0.15) is 23.5 Å². The van der Waals surface area contributed by atoms with Gasteiger partial charge in [-0.1, -0.05) is 0 Å². The van der Waals surface area contributed by atoms with Crippen molar-refractivity contribution in [3.05, 3.63) is 35.9 Å². The van der Waals surface area contributed by atoms with Crippen molar-refractivity contribution >= 4 is 11.9 Å². The number of halogens is 1. The van der Waals surface area contributed by atoms with Gasteiger partial charge >= 0.3 is 0 Å². The molecule has 1 fully saturated rings. The molecule has 0 unspecified atom stereocenters. The van der Waals surface area contributed by atoms with Crippen LogP contribution in [0, 0.1) is 5.82 Å². The van der Waals surface area contributed by atoms with Gasteiger partial charge in [-0.3, -0.25) is 9.89 Å². The molecular formula is C16H20FN5O2. The smallest absolute Gasteiger partial charge is 0.239 e. The lowest BCUT2D eigenvalue weighted by atomic mass is 10.1. The zero-order valence-corrected chi connectivity index (χ0v) is 13.2. The molecule has 8 heteroatoms. The Bertz CT molecular complexity index is 680. The number of carbonyl (C=O) groups is 1.